The van der Waals surface area contributed by atoms with Gasteiger partial charge in [-0.3, -0.25) is 10.0 Å². The summed E-state index contributed by atoms with van der Waals surface area (Å²) in [4.78, 5) is 11.1. The van der Waals surface area contributed by atoms with Crippen molar-refractivity contribution in [2.45, 2.75) is 20.1 Å². The highest BCUT2D eigenvalue weighted by Crippen LogP contribution is 2.20. The third kappa shape index (κ3) is 3.83. The third-order valence-electron chi connectivity index (χ3n) is 2.89. The maximum Gasteiger partial charge on any atom is 0.243 e. The Morgan fingerprint density at radius 2 is 1.75 bits per heavy atom. The molecule has 0 saturated heterocycles. The van der Waals surface area contributed by atoms with Crippen LogP contribution < -0.4 is 4.74 Å². The molecule has 20 heavy (non-hydrogen) atoms. The molecule has 0 aliphatic heterocycles. The summed E-state index contributed by atoms with van der Waals surface area (Å²) in [7, 11) is 0. The highest BCUT2D eigenvalue weighted by Gasteiger charge is 2.10. The zero-order valence-corrected chi connectivity index (χ0v) is 11.3. The molecule has 2 aromatic rings. The quantitative estimate of drug-likeness (QED) is 0.672. The molecular weight excluding hydrogens is 254 g/mol. The molecule has 4 heteroatoms. The summed E-state index contributed by atoms with van der Waals surface area (Å²) >= 11 is 0. The second-order valence-electron chi connectivity index (χ2n) is 4.46. The number of rotatable bonds is 5. The van der Waals surface area contributed by atoms with E-state index in [1.807, 2.05) is 54.6 Å². The molecule has 0 aliphatic carbocycles. The smallest absolute Gasteiger partial charge is 0.243 e. The number of hydrogen-bond acceptors (Lipinski definition) is 3. The van der Waals surface area contributed by atoms with Crippen molar-refractivity contribution in [2.75, 3.05) is 0 Å². The van der Waals surface area contributed by atoms with Crippen molar-refractivity contribution in [3.63, 3.8) is 0 Å². The molecule has 0 heterocycles. The van der Waals surface area contributed by atoms with Gasteiger partial charge in [-0.15, -0.1) is 0 Å². The van der Waals surface area contributed by atoms with Crippen LogP contribution in [0.25, 0.3) is 0 Å². The number of carbonyl (C=O) groups excluding carboxylic acids is 1. The van der Waals surface area contributed by atoms with Crippen LogP contribution in [0.5, 0.6) is 5.75 Å². The molecule has 0 spiro atoms. The number of carbonyl (C=O) groups is 1. The van der Waals surface area contributed by atoms with E-state index in [2.05, 4.69) is 0 Å². The van der Waals surface area contributed by atoms with Crippen LogP contribution in [0.1, 0.15) is 18.1 Å². The van der Waals surface area contributed by atoms with Crippen molar-refractivity contribution in [3.05, 3.63) is 65.7 Å². The van der Waals surface area contributed by atoms with Crippen molar-refractivity contribution < 1.29 is 14.7 Å². The van der Waals surface area contributed by atoms with Gasteiger partial charge in [-0.25, -0.2) is 5.06 Å². The summed E-state index contributed by atoms with van der Waals surface area (Å²) in [5.74, 6) is 0.263. The molecule has 1 amide bonds. The molecule has 1 N–H and O–H groups in total. The molecule has 0 bridgehead atoms. The average molecular weight is 271 g/mol. The first kappa shape index (κ1) is 14.1. The number of para-hydroxylation sites is 1. The lowest BCUT2D eigenvalue weighted by atomic mass is 10.2. The lowest BCUT2D eigenvalue weighted by Crippen LogP contribution is -2.24. The molecule has 0 aliphatic rings. The first-order valence-electron chi connectivity index (χ1n) is 6.38. The Morgan fingerprint density at radius 3 is 2.45 bits per heavy atom. The van der Waals surface area contributed by atoms with Gasteiger partial charge in [-0.2, -0.15) is 0 Å². The van der Waals surface area contributed by atoms with E-state index in [1.165, 1.54) is 6.92 Å². The highest BCUT2D eigenvalue weighted by atomic mass is 16.5. The van der Waals surface area contributed by atoms with E-state index < -0.39 is 5.91 Å². The van der Waals surface area contributed by atoms with Gasteiger partial charge in [0.05, 0.1) is 6.54 Å². The standard InChI is InChI=1S/C16H17NO3/c1-13(18)17(19)11-15-9-5-6-10-16(15)20-12-14-7-3-2-4-8-14/h2-10,19H,11-12H2,1H3. The van der Waals surface area contributed by atoms with Crippen LogP contribution in [-0.4, -0.2) is 16.2 Å². The fourth-order valence-electron chi connectivity index (χ4n) is 1.78. The number of hydrogen-bond donors (Lipinski definition) is 1. The van der Waals surface area contributed by atoms with Crippen molar-refractivity contribution in [1.82, 2.24) is 5.06 Å². The second-order valence-corrected chi connectivity index (χ2v) is 4.46. The maximum absolute atomic E-state index is 11.1. The summed E-state index contributed by atoms with van der Waals surface area (Å²) in [6, 6.07) is 17.2. The Kier molecular flexibility index (Phi) is 4.74. The molecule has 2 rings (SSSR count). The van der Waals surface area contributed by atoms with E-state index in [0.29, 0.717) is 17.4 Å². The zero-order chi connectivity index (χ0) is 14.4. The minimum atomic E-state index is -0.400. The Balaban J connectivity index is 2.06. The van der Waals surface area contributed by atoms with Crippen molar-refractivity contribution >= 4 is 5.91 Å². The summed E-state index contributed by atoms with van der Waals surface area (Å²) < 4.78 is 5.75. The van der Waals surface area contributed by atoms with E-state index in [4.69, 9.17) is 4.74 Å². The second kappa shape index (κ2) is 6.73. The number of amides is 1. The minimum absolute atomic E-state index is 0.111. The van der Waals surface area contributed by atoms with Gasteiger partial charge in [0.15, 0.2) is 0 Å². The summed E-state index contributed by atoms with van der Waals surface area (Å²) in [6.07, 6.45) is 0. The van der Waals surface area contributed by atoms with Crippen molar-refractivity contribution in [3.8, 4) is 5.75 Å². The van der Waals surface area contributed by atoms with E-state index in [1.54, 1.807) is 0 Å². The van der Waals surface area contributed by atoms with Crippen LogP contribution in [-0.2, 0) is 17.9 Å². The van der Waals surface area contributed by atoms with Gasteiger partial charge in [0.25, 0.3) is 0 Å². The van der Waals surface area contributed by atoms with Crippen molar-refractivity contribution in [1.29, 1.82) is 0 Å². The average Bonchev–Trinajstić information content (AvgIpc) is 2.47. The topological polar surface area (TPSA) is 49.8 Å². The van der Waals surface area contributed by atoms with Gasteiger partial charge in [0.2, 0.25) is 5.91 Å². The van der Waals surface area contributed by atoms with Crippen LogP contribution in [0, 0.1) is 0 Å². The Labute approximate surface area is 118 Å². The van der Waals surface area contributed by atoms with E-state index in [9.17, 15) is 10.0 Å². The summed E-state index contributed by atoms with van der Waals surface area (Å²) in [5, 5.41) is 10.2. The SMILES string of the molecule is CC(=O)N(O)Cc1ccccc1OCc1ccccc1. The van der Waals surface area contributed by atoms with Crippen molar-refractivity contribution in [2.24, 2.45) is 0 Å². The van der Waals surface area contributed by atoms with Gasteiger partial charge < -0.3 is 4.74 Å². The number of benzene rings is 2. The molecule has 0 saturated carbocycles. The normalized spacial score (nSPS) is 10.1. The molecular formula is C16H17NO3. The van der Waals surface area contributed by atoms with Crippen LogP contribution >= 0.6 is 0 Å². The largest absolute Gasteiger partial charge is 0.489 e. The molecule has 0 atom stereocenters. The lowest BCUT2D eigenvalue weighted by Gasteiger charge is -2.16. The monoisotopic (exact) mass is 271 g/mol. The van der Waals surface area contributed by atoms with E-state index in [-0.39, 0.29) is 6.54 Å². The molecule has 4 nitrogen and oxygen atoms in total. The fraction of sp³-hybridized carbons (Fsp3) is 0.188. The zero-order valence-electron chi connectivity index (χ0n) is 11.3. The number of ether oxygens (including phenoxy) is 1. The van der Waals surface area contributed by atoms with E-state index >= 15 is 0 Å². The first-order chi connectivity index (χ1) is 9.66. The number of nitrogens with zero attached hydrogens (tertiary/aromatic N) is 1. The molecule has 2 aromatic carbocycles. The Hall–Kier alpha value is -2.33. The van der Waals surface area contributed by atoms with Gasteiger partial charge in [0, 0.05) is 12.5 Å². The van der Waals surface area contributed by atoms with Crippen LogP contribution in [0.3, 0.4) is 0 Å². The Morgan fingerprint density at radius 1 is 1.10 bits per heavy atom. The van der Waals surface area contributed by atoms with Crippen LogP contribution in [0.15, 0.2) is 54.6 Å². The summed E-state index contributed by atoms with van der Waals surface area (Å²) in [6.45, 7) is 1.87. The van der Waals surface area contributed by atoms with Crippen LogP contribution in [0.2, 0.25) is 0 Å². The predicted octanol–water partition coefficient (Wildman–Crippen LogP) is 3.00. The fourth-order valence-corrected chi connectivity index (χ4v) is 1.78. The first-order valence-corrected chi connectivity index (χ1v) is 6.38. The number of hydroxylamine groups is 2. The van der Waals surface area contributed by atoms with Gasteiger partial charge in [-0.05, 0) is 11.6 Å². The Bertz CT molecular complexity index is 569. The molecule has 0 unspecified atom stereocenters. The van der Waals surface area contributed by atoms with E-state index in [0.717, 1.165) is 11.1 Å². The molecule has 0 aromatic heterocycles. The minimum Gasteiger partial charge on any atom is -0.489 e. The maximum atomic E-state index is 11.1. The van der Waals surface area contributed by atoms with Crippen LogP contribution in [0.4, 0.5) is 0 Å². The predicted molar refractivity (Wildman–Crippen MR) is 75.2 cm³/mol. The summed E-state index contributed by atoms with van der Waals surface area (Å²) in [5.41, 5.74) is 1.83. The van der Waals surface area contributed by atoms with Gasteiger partial charge in [0.1, 0.15) is 12.4 Å². The molecule has 104 valence electrons. The van der Waals surface area contributed by atoms with Gasteiger partial charge in [-0.1, -0.05) is 48.5 Å². The third-order valence-corrected chi connectivity index (χ3v) is 2.89. The van der Waals surface area contributed by atoms with Gasteiger partial charge >= 0.3 is 0 Å². The lowest BCUT2D eigenvalue weighted by molar-refractivity contribution is -0.165. The molecule has 0 fully saturated rings. The molecule has 0 radical (unpaired) electrons. The highest BCUT2D eigenvalue weighted by molar-refractivity contribution is 5.71.